The Bertz CT molecular complexity index is 887. The van der Waals surface area contributed by atoms with Crippen LogP contribution in [-0.4, -0.2) is 15.7 Å². The monoisotopic (exact) mass is 353 g/mol. The van der Waals surface area contributed by atoms with Gasteiger partial charge in [0.15, 0.2) is 0 Å². The Hall–Kier alpha value is -2.59. The molecule has 1 aromatic heterocycles. The van der Waals surface area contributed by atoms with Gasteiger partial charge in [-0.2, -0.15) is 5.10 Å². The Balaban J connectivity index is 1.72. The van der Waals surface area contributed by atoms with Gasteiger partial charge in [-0.05, 0) is 37.6 Å². The molecule has 4 nitrogen and oxygen atoms in total. The molecule has 0 atom stereocenters. The Morgan fingerprint density at radius 1 is 1.12 bits per heavy atom. The minimum atomic E-state index is -0.142. The zero-order valence-corrected chi connectivity index (χ0v) is 15.0. The molecule has 0 saturated carbocycles. The zero-order chi connectivity index (χ0) is 17.8. The topological polar surface area (TPSA) is 46.9 Å². The minimum absolute atomic E-state index is 0.142. The molecule has 1 N–H and O–H groups in total. The highest BCUT2D eigenvalue weighted by Crippen LogP contribution is 2.15. The molecule has 0 bridgehead atoms. The van der Waals surface area contributed by atoms with Crippen LogP contribution in [0.15, 0.2) is 54.6 Å². The van der Waals surface area contributed by atoms with Crippen LogP contribution in [0.1, 0.15) is 32.9 Å². The highest BCUT2D eigenvalue weighted by molar-refractivity contribution is 6.30. The van der Waals surface area contributed by atoms with Crippen LogP contribution in [0.4, 0.5) is 0 Å². The number of benzene rings is 2. The average Bonchev–Trinajstić information content (AvgIpc) is 2.87. The van der Waals surface area contributed by atoms with Gasteiger partial charge in [0.05, 0.1) is 12.2 Å². The summed E-state index contributed by atoms with van der Waals surface area (Å²) in [7, 11) is 0. The molecular formula is C20H20ClN3O. The van der Waals surface area contributed by atoms with Crippen LogP contribution >= 0.6 is 11.6 Å². The number of hydrogen-bond donors (Lipinski definition) is 1. The molecule has 0 spiro atoms. The van der Waals surface area contributed by atoms with Gasteiger partial charge in [-0.15, -0.1) is 0 Å². The molecule has 2 aromatic carbocycles. The molecule has 25 heavy (non-hydrogen) atoms. The molecule has 0 aliphatic rings. The molecule has 0 radical (unpaired) electrons. The molecule has 128 valence electrons. The van der Waals surface area contributed by atoms with Crippen molar-refractivity contribution in [3.63, 3.8) is 0 Å². The lowest BCUT2D eigenvalue weighted by atomic mass is 10.1. The van der Waals surface area contributed by atoms with E-state index >= 15 is 0 Å². The van der Waals surface area contributed by atoms with Crippen molar-refractivity contribution in [2.45, 2.75) is 26.9 Å². The number of halogens is 1. The standard InChI is InChI=1S/C20H20ClN3O/c1-14-19(12-22-20(25)17-9-6-10-18(21)11-17)15(2)24(23-14)13-16-7-4-3-5-8-16/h3-11H,12-13H2,1-2H3,(H,22,25). The maximum atomic E-state index is 12.3. The fourth-order valence-corrected chi connectivity index (χ4v) is 2.99. The van der Waals surface area contributed by atoms with Crippen LogP contribution in [0.3, 0.4) is 0 Å². The summed E-state index contributed by atoms with van der Waals surface area (Å²) in [5.41, 5.74) is 4.79. The van der Waals surface area contributed by atoms with Gasteiger partial charge in [-0.1, -0.05) is 48.0 Å². The van der Waals surface area contributed by atoms with Crippen molar-refractivity contribution in [2.24, 2.45) is 0 Å². The number of carbonyl (C=O) groups excluding carboxylic acids is 1. The Kier molecular flexibility index (Phi) is 5.19. The summed E-state index contributed by atoms with van der Waals surface area (Å²) in [5, 5.41) is 8.12. The lowest BCUT2D eigenvalue weighted by molar-refractivity contribution is 0.0951. The van der Waals surface area contributed by atoms with Gasteiger partial charge < -0.3 is 5.32 Å². The van der Waals surface area contributed by atoms with Gasteiger partial charge >= 0.3 is 0 Å². The minimum Gasteiger partial charge on any atom is -0.348 e. The molecule has 0 saturated heterocycles. The third-order valence-corrected chi connectivity index (χ3v) is 4.45. The average molecular weight is 354 g/mol. The van der Waals surface area contributed by atoms with E-state index in [0.29, 0.717) is 17.1 Å². The summed E-state index contributed by atoms with van der Waals surface area (Å²) in [4.78, 5) is 12.3. The molecule has 3 rings (SSSR count). The molecule has 0 aliphatic carbocycles. The maximum Gasteiger partial charge on any atom is 0.251 e. The summed E-state index contributed by atoms with van der Waals surface area (Å²) in [6.45, 7) is 5.16. The largest absolute Gasteiger partial charge is 0.348 e. The first-order valence-corrected chi connectivity index (χ1v) is 8.53. The maximum absolute atomic E-state index is 12.3. The van der Waals surface area contributed by atoms with E-state index in [1.54, 1.807) is 24.3 Å². The molecular weight excluding hydrogens is 334 g/mol. The van der Waals surface area contributed by atoms with Gasteiger partial charge in [0.1, 0.15) is 0 Å². The van der Waals surface area contributed by atoms with E-state index in [4.69, 9.17) is 11.6 Å². The number of nitrogens with zero attached hydrogens (tertiary/aromatic N) is 2. The van der Waals surface area contributed by atoms with Crippen molar-refractivity contribution in [3.8, 4) is 0 Å². The first-order valence-electron chi connectivity index (χ1n) is 8.15. The van der Waals surface area contributed by atoms with Gasteiger partial charge in [0.2, 0.25) is 0 Å². The first kappa shape index (κ1) is 17.2. The fraction of sp³-hybridized carbons (Fsp3) is 0.200. The van der Waals surface area contributed by atoms with Crippen molar-refractivity contribution < 1.29 is 4.79 Å². The SMILES string of the molecule is Cc1nn(Cc2ccccc2)c(C)c1CNC(=O)c1cccc(Cl)c1. The van der Waals surface area contributed by atoms with E-state index in [-0.39, 0.29) is 5.91 Å². The predicted octanol–water partition coefficient (Wildman–Crippen LogP) is 4.13. The van der Waals surface area contributed by atoms with Crippen LogP contribution in [0, 0.1) is 13.8 Å². The number of aryl methyl sites for hydroxylation is 1. The molecule has 1 amide bonds. The normalized spacial score (nSPS) is 10.7. The van der Waals surface area contributed by atoms with Crippen molar-refractivity contribution >= 4 is 17.5 Å². The zero-order valence-electron chi connectivity index (χ0n) is 14.3. The number of nitrogens with one attached hydrogen (secondary N) is 1. The van der Waals surface area contributed by atoms with Gasteiger partial charge in [-0.3, -0.25) is 9.48 Å². The Labute approximate surface area is 152 Å². The number of hydrogen-bond acceptors (Lipinski definition) is 2. The number of rotatable bonds is 5. The summed E-state index contributed by atoms with van der Waals surface area (Å²) in [5.74, 6) is -0.142. The van der Waals surface area contributed by atoms with Crippen molar-refractivity contribution in [1.29, 1.82) is 0 Å². The van der Waals surface area contributed by atoms with Crippen LogP contribution in [-0.2, 0) is 13.1 Å². The second kappa shape index (κ2) is 7.53. The van der Waals surface area contributed by atoms with Crippen LogP contribution in [0.5, 0.6) is 0 Å². The molecule has 1 heterocycles. The van der Waals surface area contributed by atoms with Crippen LogP contribution in [0.25, 0.3) is 0 Å². The Morgan fingerprint density at radius 3 is 2.60 bits per heavy atom. The van der Waals surface area contributed by atoms with Crippen LogP contribution in [0.2, 0.25) is 5.02 Å². The molecule has 0 unspecified atom stereocenters. The highest BCUT2D eigenvalue weighted by Gasteiger charge is 2.13. The van der Waals surface area contributed by atoms with E-state index in [1.807, 2.05) is 36.7 Å². The number of aromatic nitrogens is 2. The van der Waals surface area contributed by atoms with Gasteiger partial charge in [-0.25, -0.2) is 0 Å². The quantitative estimate of drug-likeness (QED) is 0.749. The van der Waals surface area contributed by atoms with Crippen molar-refractivity contribution in [3.05, 3.63) is 87.7 Å². The van der Waals surface area contributed by atoms with E-state index in [2.05, 4.69) is 22.5 Å². The van der Waals surface area contributed by atoms with Gasteiger partial charge in [0.25, 0.3) is 5.91 Å². The number of amides is 1. The molecule has 3 aromatic rings. The van der Waals surface area contributed by atoms with E-state index < -0.39 is 0 Å². The molecule has 5 heteroatoms. The second-order valence-corrected chi connectivity index (χ2v) is 6.42. The summed E-state index contributed by atoms with van der Waals surface area (Å²) >= 11 is 5.94. The smallest absolute Gasteiger partial charge is 0.251 e. The van der Waals surface area contributed by atoms with E-state index in [1.165, 1.54) is 5.56 Å². The molecule has 0 aliphatic heterocycles. The highest BCUT2D eigenvalue weighted by atomic mass is 35.5. The van der Waals surface area contributed by atoms with E-state index in [9.17, 15) is 4.79 Å². The van der Waals surface area contributed by atoms with Crippen molar-refractivity contribution in [1.82, 2.24) is 15.1 Å². The summed E-state index contributed by atoms with van der Waals surface area (Å²) < 4.78 is 1.98. The van der Waals surface area contributed by atoms with E-state index in [0.717, 1.165) is 23.5 Å². The predicted molar refractivity (Wildman–Crippen MR) is 99.9 cm³/mol. The lowest BCUT2D eigenvalue weighted by Crippen LogP contribution is -2.23. The fourth-order valence-electron chi connectivity index (χ4n) is 2.80. The van der Waals surface area contributed by atoms with Gasteiger partial charge in [0, 0.05) is 28.4 Å². The summed E-state index contributed by atoms with van der Waals surface area (Å²) in [6.07, 6.45) is 0. The lowest BCUT2D eigenvalue weighted by Gasteiger charge is -2.08. The Morgan fingerprint density at radius 2 is 1.88 bits per heavy atom. The molecule has 0 fully saturated rings. The first-order chi connectivity index (χ1) is 12.0. The third kappa shape index (κ3) is 4.09. The number of carbonyl (C=O) groups is 1. The van der Waals surface area contributed by atoms with Crippen molar-refractivity contribution in [2.75, 3.05) is 0 Å². The third-order valence-electron chi connectivity index (χ3n) is 4.22. The second-order valence-electron chi connectivity index (χ2n) is 5.99. The summed E-state index contributed by atoms with van der Waals surface area (Å²) in [6, 6.07) is 17.1. The van der Waals surface area contributed by atoms with Crippen LogP contribution < -0.4 is 5.32 Å².